The van der Waals surface area contributed by atoms with Gasteiger partial charge in [0.2, 0.25) is 0 Å². The third kappa shape index (κ3) is 6.79. The summed E-state index contributed by atoms with van der Waals surface area (Å²) in [6, 6.07) is 30.2. The number of para-hydroxylation sites is 1. The molecule has 3 aromatic carbocycles. The number of benzene rings is 3. The lowest BCUT2D eigenvalue weighted by Gasteiger charge is -2.23. The molecule has 3 nitrogen and oxygen atoms in total. The quantitative estimate of drug-likeness (QED) is 0.420. The molecule has 3 heteroatoms. The Kier molecular flexibility index (Phi) is 7.88. The molecule has 0 saturated carbocycles. The highest BCUT2D eigenvalue weighted by molar-refractivity contribution is 5.87. The van der Waals surface area contributed by atoms with Crippen molar-refractivity contribution in [2.75, 3.05) is 11.5 Å². The molecule has 0 N–H and O–H groups in total. The monoisotopic (exact) mass is 387 g/mol. The fourth-order valence-corrected chi connectivity index (χ4v) is 3.31. The van der Waals surface area contributed by atoms with E-state index in [1.807, 2.05) is 66.7 Å². The van der Waals surface area contributed by atoms with Gasteiger partial charge in [0.05, 0.1) is 13.2 Å². The van der Waals surface area contributed by atoms with E-state index in [1.54, 1.807) is 4.90 Å². The Morgan fingerprint density at radius 3 is 2.00 bits per heavy atom. The zero-order valence-corrected chi connectivity index (χ0v) is 17.0. The van der Waals surface area contributed by atoms with Crippen molar-refractivity contribution < 1.29 is 9.53 Å². The summed E-state index contributed by atoms with van der Waals surface area (Å²) in [6.45, 7) is 3.07. The van der Waals surface area contributed by atoms with Crippen LogP contribution in [0.3, 0.4) is 0 Å². The van der Waals surface area contributed by atoms with Gasteiger partial charge in [0.15, 0.2) is 0 Å². The Bertz CT molecular complexity index is 850. The Morgan fingerprint density at radius 2 is 1.38 bits per heavy atom. The lowest BCUT2D eigenvalue weighted by molar-refractivity contribution is 0.134. The van der Waals surface area contributed by atoms with Gasteiger partial charge in [0, 0.05) is 5.69 Å². The topological polar surface area (TPSA) is 29.5 Å². The summed E-state index contributed by atoms with van der Waals surface area (Å²) in [7, 11) is 0. The van der Waals surface area contributed by atoms with Crippen LogP contribution in [-0.4, -0.2) is 12.7 Å². The molecule has 0 aliphatic rings. The van der Waals surface area contributed by atoms with Gasteiger partial charge in [-0.1, -0.05) is 85.8 Å². The molecule has 0 saturated heterocycles. The number of ether oxygens (including phenoxy) is 1. The van der Waals surface area contributed by atoms with Crippen LogP contribution in [0.1, 0.15) is 30.9 Å². The first-order valence-corrected chi connectivity index (χ1v) is 10.3. The van der Waals surface area contributed by atoms with E-state index >= 15 is 0 Å². The fraction of sp³-hybridized carbons (Fsp3) is 0.269. The van der Waals surface area contributed by atoms with Crippen molar-refractivity contribution >= 4 is 11.8 Å². The molecular weight excluding hydrogens is 358 g/mol. The number of carbonyl (C=O) groups is 1. The van der Waals surface area contributed by atoms with Crippen LogP contribution in [0.4, 0.5) is 10.5 Å². The number of rotatable bonds is 9. The zero-order valence-electron chi connectivity index (χ0n) is 17.0. The molecular formula is C26H29NO2. The molecule has 0 unspecified atom stereocenters. The lowest BCUT2D eigenvalue weighted by atomic mass is 10.0. The van der Waals surface area contributed by atoms with Gasteiger partial charge in [-0.2, -0.15) is 0 Å². The number of hydrogen-bond acceptors (Lipinski definition) is 2. The maximum atomic E-state index is 12.9. The first-order chi connectivity index (χ1) is 14.2. The van der Waals surface area contributed by atoms with Gasteiger partial charge in [-0.3, -0.25) is 4.90 Å². The van der Waals surface area contributed by atoms with Gasteiger partial charge < -0.3 is 4.74 Å². The smallest absolute Gasteiger partial charge is 0.414 e. The van der Waals surface area contributed by atoms with E-state index in [9.17, 15) is 4.79 Å². The molecule has 29 heavy (non-hydrogen) atoms. The van der Waals surface area contributed by atoms with Gasteiger partial charge in [-0.05, 0) is 48.4 Å². The number of aryl methyl sites for hydroxylation is 1. The van der Waals surface area contributed by atoms with Crippen molar-refractivity contribution in [3.63, 3.8) is 0 Å². The Hall–Kier alpha value is -3.07. The SMILES string of the molecule is C[C@@H](CCCc1ccccc1)COC(=O)N(Cc1ccccc1)c1ccccc1. The van der Waals surface area contributed by atoms with Crippen LogP contribution in [0.5, 0.6) is 0 Å². The maximum Gasteiger partial charge on any atom is 0.414 e. The predicted octanol–water partition coefficient (Wildman–Crippen LogP) is 6.49. The van der Waals surface area contributed by atoms with E-state index < -0.39 is 0 Å². The Labute approximate surface area is 174 Å². The largest absolute Gasteiger partial charge is 0.449 e. The highest BCUT2D eigenvalue weighted by Gasteiger charge is 2.18. The molecule has 0 aromatic heterocycles. The van der Waals surface area contributed by atoms with Crippen LogP contribution < -0.4 is 4.90 Å². The first-order valence-electron chi connectivity index (χ1n) is 10.3. The number of anilines is 1. The molecule has 0 heterocycles. The molecule has 0 fully saturated rings. The molecule has 0 bridgehead atoms. The first kappa shape index (κ1) is 20.7. The van der Waals surface area contributed by atoms with Crippen molar-refractivity contribution in [1.29, 1.82) is 0 Å². The lowest BCUT2D eigenvalue weighted by Crippen LogP contribution is -2.32. The Balaban J connectivity index is 1.52. The third-order valence-corrected chi connectivity index (χ3v) is 4.97. The zero-order chi connectivity index (χ0) is 20.3. The van der Waals surface area contributed by atoms with E-state index in [-0.39, 0.29) is 6.09 Å². The van der Waals surface area contributed by atoms with Crippen molar-refractivity contribution in [3.05, 3.63) is 102 Å². The molecule has 0 aliphatic heterocycles. The summed E-state index contributed by atoms with van der Waals surface area (Å²) < 4.78 is 5.68. The second kappa shape index (κ2) is 11.1. The average Bonchev–Trinajstić information content (AvgIpc) is 2.78. The van der Waals surface area contributed by atoms with Gasteiger partial charge >= 0.3 is 6.09 Å². The van der Waals surface area contributed by atoms with Crippen molar-refractivity contribution in [1.82, 2.24) is 0 Å². The molecule has 0 radical (unpaired) electrons. The minimum Gasteiger partial charge on any atom is -0.449 e. The van der Waals surface area contributed by atoms with E-state index in [4.69, 9.17) is 4.74 Å². The highest BCUT2D eigenvalue weighted by Crippen LogP contribution is 2.19. The van der Waals surface area contributed by atoms with E-state index in [1.165, 1.54) is 5.56 Å². The van der Waals surface area contributed by atoms with Crippen molar-refractivity contribution in [2.24, 2.45) is 5.92 Å². The van der Waals surface area contributed by atoms with Crippen LogP contribution in [0, 0.1) is 5.92 Å². The molecule has 3 rings (SSSR count). The van der Waals surface area contributed by atoms with Crippen LogP contribution in [0.2, 0.25) is 0 Å². The summed E-state index contributed by atoms with van der Waals surface area (Å²) in [5.41, 5.74) is 3.28. The summed E-state index contributed by atoms with van der Waals surface area (Å²) in [6.07, 6.45) is 2.89. The highest BCUT2D eigenvalue weighted by atomic mass is 16.6. The molecule has 1 atom stereocenters. The summed E-state index contributed by atoms with van der Waals surface area (Å²) >= 11 is 0. The summed E-state index contributed by atoms with van der Waals surface area (Å²) in [4.78, 5) is 14.6. The molecule has 0 aliphatic carbocycles. The van der Waals surface area contributed by atoms with Crippen LogP contribution in [0.15, 0.2) is 91.0 Å². The van der Waals surface area contributed by atoms with Crippen LogP contribution in [-0.2, 0) is 17.7 Å². The Morgan fingerprint density at radius 1 is 0.828 bits per heavy atom. The van der Waals surface area contributed by atoms with Gasteiger partial charge in [0.1, 0.15) is 0 Å². The fourth-order valence-electron chi connectivity index (χ4n) is 3.31. The molecule has 150 valence electrons. The van der Waals surface area contributed by atoms with Crippen LogP contribution in [0.25, 0.3) is 0 Å². The molecule has 0 spiro atoms. The molecule has 1 amide bonds. The number of carbonyl (C=O) groups excluding carboxylic acids is 1. The third-order valence-electron chi connectivity index (χ3n) is 4.97. The van der Waals surface area contributed by atoms with Crippen molar-refractivity contribution in [3.8, 4) is 0 Å². The van der Waals surface area contributed by atoms with Crippen LogP contribution >= 0.6 is 0 Å². The number of nitrogens with zero attached hydrogens (tertiary/aromatic N) is 1. The van der Waals surface area contributed by atoms with Gasteiger partial charge in [-0.25, -0.2) is 4.79 Å². The second-order valence-corrected chi connectivity index (χ2v) is 7.47. The summed E-state index contributed by atoms with van der Waals surface area (Å²) in [5, 5.41) is 0. The van der Waals surface area contributed by atoms with Gasteiger partial charge in [0.25, 0.3) is 0 Å². The molecule has 3 aromatic rings. The maximum absolute atomic E-state index is 12.9. The second-order valence-electron chi connectivity index (χ2n) is 7.47. The number of hydrogen-bond donors (Lipinski definition) is 0. The standard InChI is InChI=1S/C26H29NO2/c1-22(12-11-17-23-13-5-2-6-14-23)21-29-26(28)27(25-18-9-4-10-19-25)20-24-15-7-3-8-16-24/h2-10,13-16,18-19,22H,11-12,17,20-21H2,1H3/t22-/m0/s1. The minimum atomic E-state index is -0.296. The normalized spacial score (nSPS) is 11.6. The van der Waals surface area contributed by atoms with E-state index in [2.05, 4.69) is 31.2 Å². The van der Waals surface area contributed by atoms with Gasteiger partial charge in [-0.15, -0.1) is 0 Å². The summed E-state index contributed by atoms with van der Waals surface area (Å²) in [5.74, 6) is 0.331. The van der Waals surface area contributed by atoms with E-state index in [0.29, 0.717) is 19.1 Å². The predicted molar refractivity (Wildman–Crippen MR) is 119 cm³/mol. The van der Waals surface area contributed by atoms with E-state index in [0.717, 1.165) is 30.5 Å². The van der Waals surface area contributed by atoms with Crippen molar-refractivity contribution in [2.45, 2.75) is 32.7 Å². The number of amides is 1. The minimum absolute atomic E-state index is 0.296. The average molecular weight is 388 g/mol.